The van der Waals surface area contributed by atoms with E-state index in [9.17, 15) is 19.7 Å². The van der Waals surface area contributed by atoms with Crippen LogP contribution >= 0.6 is 11.3 Å². The SMILES string of the molecule is O=C(Oc1ccc(C=c2sc3nc4ccccc4n3c2=O)cc1)c1cccc([N+](=O)[O-])c1. The van der Waals surface area contributed by atoms with Gasteiger partial charge in [-0.25, -0.2) is 14.2 Å². The summed E-state index contributed by atoms with van der Waals surface area (Å²) in [6.07, 6.45) is 1.75. The molecule has 0 unspecified atom stereocenters. The molecule has 0 aliphatic heterocycles. The number of non-ortho nitro benzene ring substituents is 1. The molecule has 0 bridgehead atoms. The van der Waals surface area contributed by atoms with Crippen LogP contribution in [-0.2, 0) is 0 Å². The predicted molar refractivity (Wildman–Crippen MR) is 120 cm³/mol. The van der Waals surface area contributed by atoms with Crippen molar-refractivity contribution in [1.29, 1.82) is 0 Å². The molecule has 32 heavy (non-hydrogen) atoms. The first-order chi connectivity index (χ1) is 15.5. The van der Waals surface area contributed by atoms with Crippen LogP contribution in [0.5, 0.6) is 5.75 Å². The van der Waals surface area contributed by atoms with Crippen molar-refractivity contribution in [3.05, 3.63) is 109 Å². The molecule has 2 heterocycles. The third-order valence-electron chi connectivity index (χ3n) is 4.83. The maximum Gasteiger partial charge on any atom is 0.343 e. The van der Waals surface area contributed by atoms with Gasteiger partial charge in [0.05, 0.1) is 26.1 Å². The highest BCUT2D eigenvalue weighted by atomic mass is 32.1. The number of benzene rings is 3. The van der Waals surface area contributed by atoms with Crippen molar-refractivity contribution >= 4 is 45.1 Å². The fraction of sp³-hybridized carbons (Fsp3) is 0. The lowest BCUT2D eigenvalue weighted by Gasteiger charge is -2.04. The number of hydrogen-bond donors (Lipinski definition) is 0. The monoisotopic (exact) mass is 443 g/mol. The molecular weight excluding hydrogens is 430 g/mol. The number of imidazole rings is 1. The zero-order valence-electron chi connectivity index (χ0n) is 16.3. The Balaban J connectivity index is 1.40. The summed E-state index contributed by atoms with van der Waals surface area (Å²) in [4.78, 5) is 40.5. The van der Waals surface area contributed by atoms with Gasteiger partial charge in [-0.1, -0.05) is 41.7 Å². The Kier molecular flexibility index (Phi) is 4.72. The number of rotatable bonds is 4. The van der Waals surface area contributed by atoms with Gasteiger partial charge in [0.15, 0.2) is 4.96 Å². The van der Waals surface area contributed by atoms with Crippen LogP contribution in [0.2, 0.25) is 0 Å². The Labute approximate surface area is 183 Å². The van der Waals surface area contributed by atoms with Crippen molar-refractivity contribution in [3.63, 3.8) is 0 Å². The van der Waals surface area contributed by atoms with Crippen molar-refractivity contribution in [2.45, 2.75) is 0 Å². The molecule has 0 radical (unpaired) electrons. The van der Waals surface area contributed by atoms with E-state index in [1.54, 1.807) is 34.7 Å². The third-order valence-corrected chi connectivity index (χ3v) is 5.80. The first-order valence-electron chi connectivity index (χ1n) is 9.48. The van der Waals surface area contributed by atoms with E-state index in [2.05, 4.69) is 4.98 Å². The number of carbonyl (C=O) groups is 1. The van der Waals surface area contributed by atoms with Gasteiger partial charge in [0.1, 0.15) is 5.75 Å². The fourth-order valence-electron chi connectivity index (χ4n) is 3.31. The van der Waals surface area contributed by atoms with Gasteiger partial charge in [-0.05, 0) is 42.0 Å². The minimum absolute atomic E-state index is 0.0833. The molecule has 2 aromatic heterocycles. The molecule has 0 saturated carbocycles. The van der Waals surface area contributed by atoms with E-state index in [1.807, 2.05) is 24.3 Å². The summed E-state index contributed by atoms with van der Waals surface area (Å²) < 4.78 is 7.44. The van der Waals surface area contributed by atoms with Crippen LogP contribution in [0.3, 0.4) is 0 Å². The van der Waals surface area contributed by atoms with Crippen LogP contribution in [0.15, 0.2) is 77.6 Å². The molecule has 0 atom stereocenters. The standard InChI is InChI=1S/C23H13N3O5S/c27-21-20(32-23-24-18-6-1-2-7-19(18)25(21)23)12-14-8-10-17(11-9-14)31-22(28)15-4-3-5-16(13-15)26(29)30/h1-13H. The van der Waals surface area contributed by atoms with Crippen molar-refractivity contribution in [3.8, 4) is 5.75 Å². The van der Waals surface area contributed by atoms with Gasteiger partial charge in [0.25, 0.3) is 11.2 Å². The van der Waals surface area contributed by atoms with Crippen LogP contribution in [-0.4, -0.2) is 20.3 Å². The maximum atomic E-state index is 12.8. The first kappa shape index (κ1) is 19.6. The second-order valence-corrected chi connectivity index (χ2v) is 7.91. The molecule has 156 valence electrons. The second-order valence-electron chi connectivity index (χ2n) is 6.90. The van der Waals surface area contributed by atoms with E-state index in [0.717, 1.165) is 22.7 Å². The van der Waals surface area contributed by atoms with Crippen LogP contribution in [0.1, 0.15) is 15.9 Å². The van der Waals surface area contributed by atoms with E-state index in [0.29, 0.717) is 9.49 Å². The van der Waals surface area contributed by atoms with E-state index in [-0.39, 0.29) is 22.6 Å². The summed E-state index contributed by atoms with van der Waals surface area (Å²) in [6.45, 7) is 0. The summed E-state index contributed by atoms with van der Waals surface area (Å²) in [6, 6.07) is 19.4. The molecule has 0 aliphatic carbocycles. The van der Waals surface area contributed by atoms with E-state index < -0.39 is 10.9 Å². The molecule has 0 amide bonds. The van der Waals surface area contributed by atoms with Gasteiger partial charge in [-0.15, -0.1) is 0 Å². The number of nitro benzene ring substituents is 1. The molecule has 8 nitrogen and oxygen atoms in total. The largest absolute Gasteiger partial charge is 0.423 e. The molecule has 9 heteroatoms. The molecule has 3 aromatic carbocycles. The number of nitro groups is 1. The second kappa shape index (κ2) is 7.71. The number of aromatic nitrogens is 2. The van der Waals surface area contributed by atoms with Gasteiger partial charge in [-0.2, -0.15) is 0 Å². The number of para-hydroxylation sites is 2. The van der Waals surface area contributed by atoms with E-state index >= 15 is 0 Å². The summed E-state index contributed by atoms with van der Waals surface area (Å²) in [7, 11) is 0. The Bertz CT molecular complexity index is 1620. The number of carbonyl (C=O) groups excluding carboxylic acids is 1. The minimum Gasteiger partial charge on any atom is -0.423 e. The molecule has 5 rings (SSSR count). The van der Waals surface area contributed by atoms with Gasteiger partial charge in [0, 0.05) is 12.1 Å². The normalized spacial score (nSPS) is 11.8. The van der Waals surface area contributed by atoms with Crippen LogP contribution < -0.4 is 14.8 Å². The summed E-state index contributed by atoms with van der Waals surface area (Å²) in [5, 5.41) is 10.9. The Morgan fingerprint density at radius 2 is 1.84 bits per heavy atom. The lowest BCUT2D eigenvalue weighted by Crippen LogP contribution is -2.22. The molecule has 0 aliphatic rings. The highest BCUT2D eigenvalue weighted by Gasteiger charge is 2.14. The first-order valence-corrected chi connectivity index (χ1v) is 10.3. The molecule has 0 spiro atoms. The quantitative estimate of drug-likeness (QED) is 0.182. The predicted octanol–water partition coefficient (Wildman–Crippen LogP) is 3.58. The zero-order chi connectivity index (χ0) is 22.2. The van der Waals surface area contributed by atoms with Crippen molar-refractivity contribution in [1.82, 2.24) is 9.38 Å². The zero-order valence-corrected chi connectivity index (χ0v) is 17.1. The molecular formula is C23H13N3O5S. The van der Waals surface area contributed by atoms with Gasteiger partial charge >= 0.3 is 5.97 Å². The summed E-state index contributed by atoms with van der Waals surface area (Å²) in [5.41, 5.74) is 2.06. The fourth-order valence-corrected chi connectivity index (χ4v) is 4.29. The van der Waals surface area contributed by atoms with Gasteiger partial charge in [-0.3, -0.25) is 14.9 Å². The number of fused-ring (bicyclic) bond motifs is 3. The highest BCUT2D eigenvalue weighted by Crippen LogP contribution is 2.19. The molecule has 0 fully saturated rings. The smallest absolute Gasteiger partial charge is 0.343 e. The number of ether oxygens (including phenoxy) is 1. The van der Waals surface area contributed by atoms with Gasteiger partial charge in [0.2, 0.25) is 0 Å². The number of thiazole rings is 1. The van der Waals surface area contributed by atoms with Gasteiger partial charge < -0.3 is 4.74 Å². The lowest BCUT2D eigenvalue weighted by atomic mass is 10.2. The number of nitrogens with zero attached hydrogens (tertiary/aromatic N) is 3. The highest BCUT2D eigenvalue weighted by molar-refractivity contribution is 7.15. The average Bonchev–Trinajstić information content (AvgIpc) is 3.31. The van der Waals surface area contributed by atoms with Crippen molar-refractivity contribution < 1.29 is 14.5 Å². The summed E-state index contributed by atoms with van der Waals surface area (Å²) >= 11 is 1.30. The summed E-state index contributed by atoms with van der Waals surface area (Å²) in [5.74, 6) is -0.411. The van der Waals surface area contributed by atoms with Crippen LogP contribution in [0.25, 0.3) is 22.1 Å². The Morgan fingerprint density at radius 1 is 1.06 bits per heavy atom. The third kappa shape index (κ3) is 3.50. The van der Waals surface area contributed by atoms with E-state index in [4.69, 9.17) is 4.74 Å². The van der Waals surface area contributed by atoms with E-state index in [1.165, 1.54) is 29.5 Å². The van der Waals surface area contributed by atoms with Crippen LogP contribution in [0, 0.1) is 10.1 Å². The molecule has 5 aromatic rings. The number of esters is 1. The minimum atomic E-state index is -0.696. The van der Waals surface area contributed by atoms with Crippen LogP contribution in [0.4, 0.5) is 5.69 Å². The van der Waals surface area contributed by atoms with Crippen molar-refractivity contribution in [2.75, 3.05) is 0 Å². The topological polar surface area (TPSA) is 104 Å². The molecule has 0 saturated heterocycles. The van der Waals surface area contributed by atoms with Crippen molar-refractivity contribution in [2.24, 2.45) is 0 Å². The molecule has 0 N–H and O–H groups in total. The lowest BCUT2D eigenvalue weighted by molar-refractivity contribution is -0.384. The Hall–Kier alpha value is -4.37. The average molecular weight is 443 g/mol. The Morgan fingerprint density at radius 3 is 2.62 bits per heavy atom. The number of hydrogen-bond acceptors (Lipinski definition) is 7. The maximum absolute atomic E-state index is 12.8.